The van der Waals surface area contributed by atoms with E-state index in [-0.39, 0.29) is 18.5 Å². The first-order valence-corrected chi connectivity index (χ1v) is 16.2. The molecule has 4 aromatic carbocycles. The van der Waals surface area contributed by atoms with Crippen LogP contribution >= 0.6 is 0 Å². The van der Waals surface area contributed by atoms with E-state index in [1.54, 1.807) is 0 Å². The zero-order valence-corrected chi connectivity index (χ0v) is 29.9. The van der Waals surface area contributed by atoms with Crippen LogP contribution in [0.3, 0.4) is 0 Å². The third kappa shape index (κ3) is 15.5. The number of allylic oxidation sites excluding steroid dienone is 1. The van der Waals surface area contributed by atoms with Gasteiger partial charge in [-0.1, -0.05) is 140 Å². The summed E-state index contributed by atoms with van der Waals surface area (Å²) in [6, 6.07) is 38.7. The molecular weight excluding hydrogens is 664 g/mol. The van der Waals surface area contributed by atoms with Crippen molar-refractivity contribution in [3.05, 3.63) is 156 Å². The highest BCUT2D eigenvalue weighted by Crippen LogP contribution is 2.29. The Labute approximate surface area is 304 Å². The van der Waals surface area contributed by atoms with Crippen LogP contribution < -0.4 is 0 Å². The minimum Gasteiger partial charge on any atom is -0.469 e. The fourth-order valence-electron chi connectivity index (χ4n) is 4.58. The molecule has 0 spiro atoms. The van der Waals surface area contributed by atoms with Crippen molar-refractivity contribution in [3.8, 4) is 0 Å². The predicted molar refractivity (Wildman–Crippen MR) is 197 cm³/mol. The van der Waals surface area contributed by atoms with Crippen molar-refractivity contribution in [1.29, 1.82) is 0 Å². The summed E-state index contributed by atoms with van der Waals surface area (Å²) in [7, 11) is 4.96. The van der Waals surface area contributed by atoms with Crippen molar-refractivity contribution >= 4 is 42.0 Å². The second kappa shape index (κ2) is 24.0. The molecule has 272 valence electrons. The van der Waals surface area contributed by atoms with Gasteiger partial charge in [0.1, 0.15) is 12.5 Å². The molecule has 0 radical (unpaired) electrons. The second-order valence-electron chi connectivity index (χ2n) is 10.8. The van der Waals surface area contributed by atoms with Gasteiger partial charge in [0.2, 0.25) is 0 Å². The van der Waals surface area contributed by atoms with Crippen molar-refractivity contribution in [2.24, 2.45) is 5.92 Å². The minimum absolute atomic E-state index is 0.286. The fourth-order valence-corrected chi connectivity index (χ4v) is 4.58. The molecule has 2 unspecified atom stereocenters. The molecule has 0 amide bonds. The van der Waals surface area contributed by atoms with Gasteiger partial charge in [-0.2, -0.15) is 0 Å². The largest absolute Gasteiger partial charge is 0.469 e. The fraction of sp³-hybridized carbons (Fsp3) is 0.214. The molecule has 0 heterocycles. The zero-order valence-electron chi connectivity index (χ0n) is 29.9. The highest BCUT2D eigenvalue weighted by atomic mass is 16.6. The van der Waals surface area contributed by atoms with Crippen LogP contribution in [0.25, 0.3) is 12.2 Å². The summed E-state index contributed by atoms with van der Waals surface area (Å²) in [6.45, 7) is 1.42. The molecule has 52 heavy (non-hydrogen) atoms. The van der Waals surface area contributed by atoms with E-state index in [1.807, 2.05) is 146 Å². The molecule has 0 saturated carbocycles. The Morgan fingerprint density at radius 3 is 1.29 bits per heavy atom. The van der Waals surface area contributed by atoms with Crippen LogP contribution in [0.2, 0.25) is 0 Å². The van der Waals surface area contributed by atoms with Gasteiger partial charge >= 0.3 is 29.8 Å². The van der Waals surface area contributed by atoms with Gasteiger partial charge in [0.25, 0.3) is 0 Å². The van der Waals surface area contributed by atoms with E-state index in [4.69, 9.17) is 14.2 Å². The van der Waals surface area contributed by atoms with E-state index >= 15 is 0 Å². The molecule has 0 aliphatic carbocycles. The Kier molecular flexibility index (Phi) is 19.3. The van der Waals surface area contributed by atoms with Crippen molar-refractivity contribution in [2.75, 3.05) is 28.4 Å². The average molecular weight is 709 g/mol. The van der Waals surface area contributed by atoms with Crippen LogP contribution in [0.4, 0.5) is 0 Å². The van der Waals surface area contributed by atoms with Crippen LogP contribution in [-0.2, 0) is 47.7 Å². The first-order chi connectivity index (χ1) is 25.1. The lowest BCUT2D eigenvalue weighted by Crippen LogP contribution is -2.31. The van der Waals surface area contributed by atoms with Gasteiger partial charge in [0.05, 0.1) is 28.4 Å². The van der Waals surface area contributed by atoms with Gasteiger partial charge in [-0.25, -0.2) is 0 Å². The second-order valence-corrected chi connectivity index (χ2v) is 10.8. The molecule has 10 heteroatoms. The Balaban J connectivity index is 0.000000298. The molecule has 0 fully saturated rings. The van der Waals surface area contributed by atoms with Gasteiger partial charge in [-0.3, -0.25) is 24.0 Å². The zero-order chi connectivity index (χ0) is 38.1. The summed E-state index contributed by atoms with van der Waals surface area (Å²) in [4.78, 5) is 56.1. The van der Waals surface area contributed by atoms with Gasteiger partial charge in [0, 0.05) is 12.8 Å². The number of hydrogen-bond acceptors (Lipinski definition) is 10. The Morgan fingerprint density at radius 1 is 0.519 bits per heavy atom. The number of carbonyl (C=O) groups is 5. The van der Waals surface area contributed by atoms with E-state index < -0.39 is 35.7 Å². The Morgan fingerprint density at radius 2 is 0.904 bits per heavy atom. The van der Waals surface area contributed by atoms with E-state index in [1.165, 1.54) is 35.4 Å². The number of carbonyl (C=O) groups excluding carboxylic acids is 5. The minimum atomic E-state index is -1.05. The van der Waals surface area contributed by atoms with Crippen LogP contribution in [0.15, 0.2) is 133 Å². The van der Waals surface area contributed by atoms with Crippen molar-refractivity contribution in [1.82, 2.24) is 0 Å². The van der Waals surface area contributed by atoms with Crippen molar-refractivity contribution < 1.29 is 47.7 Å². The third-order valence-electron chi connectivity index (χ3n) is 7.18. The first kappa shape index (κ1) is 41.9. The van der Waals surface area contributed by atoms with E-state index in [0.717, 1.165) is 22.3 Å². The topological polar surface area (TPSA) is 132 Å². The standard InChI is InChI=1S/C20H20O4.C17H16O2.C5H8O4/c1-23-19(21)18(20(22)24-2)17(16-11-7-4-8-12-16)14-13-15-9-5-3-6-10-15;1-14(18)19-17(16-10-6-3-7-11-16)13-12-15-8-4-2-5-9-15;1-8-4(6)3-5(7)9-2/h3-14,17-18H,1-2H3;2-13,17H,1H3;3H2,1-2H3/b14-13+;13-12+;. The average Bonchev–Trinajstić information content (AvgIpc) is 3.19. The summed E-state index contributed by atoms with van der Waals surface area (Å²) in [5.41, 5.74) is 3.86. The van der Waals surface area contributed by atoms with Crippen LogP contribution in [-0.4, -0.2) is 58.3 Å². The maximum atomic E-state index is 12.2. The number of rotatable bonds is 12. The van der Waals surface area contributed by atoms with Crippen molar-refractivity contribution in [3.63, 3.8) is 0 Å². The van der Waals surface area contributed by atoms with Crippen LogP contribution in [0.1, 0.15) is 47.6 Å². The quantitative estimate of drug-likeness (QED) is 0.0848. The maximum Gasteiger partial charge on any atom is 0.321 e. The van der Waals surface area contributed by atoms with Crippen LogP contribution in [0.5, 0.6) is 0 Å². The highest BCUT2D eigenvalue weighted by Gasteiger charge is 2.36. The number of methoxy groups -OCH3 is 4. The molecule has 0 N–H and O–H groups in total. The summed E-state index contributed by atoms with van der Waals surface area (Å²) in [5, 5.41) is 0. The molecule has 0 aliphatic heterocycles. The normalized spacial score (nSPS) is 11.5. The Bertz CT molecular complexity index is 1690. The maximum absolute atomic E-state index is 12.2. The van der Waals surface area contributed by atoms with Gasteiger partial charge in [-0.05, 0) is 28.3 Å². The summed E-state index contributed by atoms with van der Waals surface area (Å²) < 4.78 is 23.3. The predicted octanol–water partition coefficient (Wildman–Crippen LogP) is 7.17. The Hall–Kier alpha value is -6.29. The molecule has 4 rings (SSSR count). The number of benzene rings is 4. The third-order valence-corrected chi connectivity index (χ3v) is 7.18. The van der Waals surface area contributed by atoms with Crippen molar-refractivity contribution in [2.45, 2.75) is 25.4 Å². The molecule has 0 aliphatic rings. The highest BCUT2D eigenvalue weighted by molar-refractivity contribution is 5.96. The number of hydrogen-bond donors (Lipinski definition) is 0. The molecule has 0 bridgehead atoms. The van der Waals surface area contributed by atoms with Crippen LogP contribution in [0, 0.1) is 5.92 Å². The summed E-state index contributed by atoms with van der Waals surface area (Å²) >= 11 is 0. The lowest BCUT2D eigenvalue weighted by Gasteiger charge is -2.21. The smallest absolute Gasteiger partial charge is 0.321 e. The SMILES string of the molecule is CC(=O)OC(/C=C/c1ccccc1)c1ccccc1.COC(=O)C(C(=O)OC)C(/C=C/c1ccccc1)c1ccccc1.COC(=O)CC(=O)OC. The molecule has 0 saturated heterocycles. The lowest BCUT2D eigenvalue weighted by molar-refractivity contribution is -0.159. The molecule has 4 aromatic rings. The van der Waals surface area contributed by atoms with E-state index in [0.29, 0.717) is 0 Å². The van der Waals surface area contributed by atoms with Gasteiger partial charge < -0.3 is 23.7 Å². The molecule has 2 atom stereocenters. The van der Waals surface area contributed by atoms with E-state index in [9.17, 15) is 24.0 Å². The lowest BCUT2D eigenvalue weighted by atomic mass is 9.85. The van der Waals surface area contributed by atoms with Gasteiger partial charge in [-0.15, -0.1) is 0 Å². The first-order valence-electron chi connectivity index (χ1n) is 16.2. The number of esters is 5. The molecule has 10 nitrogen and oxygen atoms in total. The number of ether oxygens (including phenoxy) is 5. The van der Waals surface area contributed by atoms with E-state index in [2.05, 4.69) is 9.47 Å². The monoisotopic (exact) mass is 708 g/mol. The van der Waals surface area contributed by atoms with Gasteiger partial charge in [0.15, 0.2) is 5.92 Å². The molecule has 0 aromatic heterocycles. The summed E-state index contributed by atoms with van der Waals surface area (Å²) in [6.07, 6.45) is 6.92. The summed E-state index contributed by atoms with van der Waals surface area (Å²) in [5.74, 6) is -4.22. The molecular formula is C42H44O10.